The smallest absolute Gasteiger partial charge is 0.323 e. The van der Waals surface area contributed by atoms with Gasteiger partial charge in [-0.05, 0) is 61.5 Å². The first-order chi connectivity index (χ1) is 14.0. The molecule has 0 saturated heterocycles. The molecule has 144 valence electrons. The van der Waals surface area contributed by atoms with E-state index in [1.54, 1.807) is 54.7 Å². The molecule has 7 heteroatoms. The number of urea groups is 1. The van der Waals surface area contributed by atoms with Gasteiger partial charge in [0.15, 0.2) is 0 Å². The van der Waals surface area contributed by atoms with E-state index in [9.17, 15) is 4.79 Å². The average molecular weight is 405 g/mol. The molecule has 4 aromatic rings. The molecule has 0 unspecified atom stereocenters. The minimum absolute atomic E-state index is 0.357. The van der Waals surface area contributed by atoms with Crippen molar-refractivity contribution < 1.29 is 9.53 Å². The summed E-state index contributed by atoms with van der Waals surface area (Å²) in [4.78, 5) is 20.9. The Hall–Kier alpha value is -3.64. The molecule has 29 heavy (non-hydrogen) atoms. The SMILES string of the molecule is Cc1cnc2ccc(Oc3ccc(NC(=O)Nc4cccc(Cl)c4)cc3)cc2n1. The molecular weight excluding hydrogens is 388 g/mol. The van der Waals surface area contributed by atoms with E-state index in [1.165, 1.54) is 0 Å². The van der Waals surface area contributed by atoms with Crippen LogP contribution in [-0.2, 0) is 0 Å². The predicted molar refractivity (Wildman–Crippen MR) is 115 cm³/mol. The van der Waals surface area contributed by atoms with Crippen LogP contribution in [0.25, 0.3) is 11.0 Å². The Bertz CT molecular complexity index is 1180. The van der Waals surface area contributed by atoms with Crippen LogP contribution < -0.4 is 15.4 Å². The van der Waals surface area contributed by atoms with E-state index in [4.69, 9.17) is 16.3 Å². The third kappa shape index (κ3) is 4.80. The number of hydrogen-bond donors (Lipinski definition) is 2. The van der Waals surface area contributed by atoms with Gasteiger partial charge in [-0.2, -0.15) is 0 Å². The summed E-state index contributed by atoms with van der Waals surface area (Å²) >= 11 is 5.92. The lowest BCUT2D eigenvalue weighted by molar-refractivity contribution is 0.262. The number of benzene rings is 3. The second-order valence-electron chi connectivity index (χ2n) is 6.38. The largest absolute Gasteiger partial charge is 0.457 e. The number of fused-ring (bicyclic) bond motifs is 1. The molecular formula is C22H17ClN4O2. The van der Waals surface area contributed by atoms with E-state index < -0.39 is 0 Å². The van der Waals surface area contributed by atoms with Gasteiger partial charge in [-0.3, -0.25) is 4.98 Å². The monoisotopic (exact) mass is 404 g/mol. The molecule has 1 heterocycles. The third-order valence-electron chi connectivity index (χ3n) is 4.06. The van der Waals surface area contributed by atoms with Gasteiger partial charge in [0.25, 0.3) is 0 Å². The number of ether oxygens (including phenoxy) is 1. The second kappa shape index (κ2) is 8.16. The van der Waals surface area contributed by atoms with Gasteiger partial charge in [0.2, 0.25) is 0 Å². The van der Waals surface area contributed by atoms with Gasteiger partial charge in [-0.15, -0.1) is 0 Å². The van der Waals surface area contributed by atoms with Gasteiger partial charge >= 0.3 is 6.03 Å². The van der Waals surface area contributed by atoms with Gasteiger partial charge in [0, 0.05) is 28.7 Å². The van der Waals surface area contributed by atoms with E-state index in [2.05, 4.69) is 20.6 Å². The summed E-state index contributed by atoms with van der Waals surface area (Å²) in [7, 11) is 0. The van der Waals surface area contributed by atoms with Crippen molar-refractivity contribution in [2.45, 2.75) is 6.92 Å². The molecule has 0 atom stereocenters. The van der Waals surface area contributed by atoms with E-state index in [0.717, 1.165) is 16.7 Å². The summed E-state index contributed by atoms with van der Waals surface area (Å²) < 4.78 is 5.88. The quantitative estimate of drug-likeness (QED) is 0.435. The van der Waals surface area contributed by atoms with Crippen LogP contribution in [0, 0.1) is 6.92 Å². The zero-order chi connectivity index (χ0) is 20.2. The molecule has 0 aliphatic carbocycles. The van der Waals surface area contributed by atoms with Crippen molar-refractivity contribution in [3.63, 3.8) is 0 Å². The number of aromatic nitrogens is 2. The third-order valence-corrected chi connectivity index (χ3v) is 4.30. The Morgan fingerprint density at radius 2 is 1.66 bits per heavy atom. The van der Waals surface area contributed by atoms with Gasteiger partial charge in [-0.1, -0.05) is 17.7 Å². The normalized spacial score (nSPS) is 10.6. The zero-order valence-electron chi connectivity index (χ0n) is 15.5. The molecule has 2 amide bonds. The zero-order valence-corrected chi connectivity index (χ0v) is 16.3. The first-order valence-corrected chi connectivity index (χ1v) is 9.28. The van der Waals surface area contributed by atoms with Crippen molar-refractivity contribution in [2.24, 2.45) is 0 Å². The Morgan fingerprint density at radius 1 is 0.897 bits per heavy atom. The van der Waals surface area contributed by atoms with Gasteiger partial charge in [-0.25, -0.2) is 9.78 Å². The molecule has 3 aromatic carbocycles. The number of halogens is 1. The molecule has 6 nitrogen and oxygen atoms in total. The van der Waals surface area contributed by atoms with E-state index in [0.29, 0.717) is 27.9 Å². The van der Waals surface area contributed by atoms with Crippen molar-refractivity contribution in [2.75, 3.05) is 10.6 Å². The van der Waals surface area contributed by atoms with E-state index >= 15 is 0 Å². The molecule has 0 spiro atoms. The highest BCUT2D eigenvalue weighted by molar-refractivity contribution is 6.30. The molecule has 1 aromatic heterocycles. The summed E-state index contributed by atoms with van der Waals surface area (Å²) in [6.07, 6.45) is 1.73. The fourth-order valence-corrected chi connectivity index (χ4v) is 2.94. The summed E-state index contributed by atoms with van der Waals surface area (Å²) in [5, 5.41) is 6.05. The predicted octanol–water partition coefficient (Wildman–Crippen LogP) is 6.03. The number of anilines is 2. The van der Waals surface area contributed by atoms with Crippen LogP contribution in [0.4, 0.5) is 16.2 Å². The molecule has 0 bridgehead atoms. The van der Waals surface area contributed by atoms with Crippen LogP contribution in [0.2, 0.25) is 5.02 Å². The molecule has 4 rings (SSSR count). The molecule has 0 aliphatic rings. The summed E-state index contributed by atoms with van der Waals surface area (Å²) in [5.74, 6) is 1.31. The summed E-state index contributed by atoms with van der Waals surface area (Å²) in [6.45, 7) is 1.90. The van der Waals surface area contributed by atoms with Gasteiger partial charge in [0.05, 0.1) is 16.7 Å². The van der Waals surface area contributed by atoms with Crippen LogP contribution in [0.15, 0.2) is 72.9 Å². The average Bonchev–Trinajstić information content (AvgIpc) is 2.69. The molecule has 0 aliphatic heterocycles. The fourth-order valence-electron chi connectivity index (χ4n) is 2.75. The van der Waals surface area contributed by atoms with Crippen molar-refractivity contribution in [1.29, 1.82) is 0 Å². The Balaban J connectivity index is 1.40. The topological polar surface area (TPSA) is 76.1 Å². The number of carbonyl (C=O) groups is 1. The van der Waals surface area contributed by atoms with Crippen LogP contribution in [0.1, 0.15) is 5.69 Å². The molecule has 0 fully saturated rings. The highest BCUT2D eigenvalue weighted by atomic mass is 35.5. The maximum atomic E-state index is 12.1. The first kappa shape index (κ1) is 18.7. The van der Waals surface area contributed by atoms with Crippen molar-refractivity contribution >= 4 is 40.0 Å². The number of amides is 2. The minimum Gasteiger partial charge on any atom is -0.457 e. The fraction of sp³-hybridized carbons (Fsp3) is 0.0455. The van der Waals surface area contributed by atoms with Crippen molar-refractivity contribution in [1.82, 2.24) is 9.97 Å². The van der Waals surface area contributed by atoms with Crippen LogP contribution in [-0.4, -0.2) is 16.0 Å². The second-order valence-corrected chi connectivity index (χ2v) is 6.81. The molecule has 0 saturated carbocycles. The number of nitrogens with zero attached hydrogens (tertiary/aromatic N) is 2. The van der Waals surface area contributed by atoms with Gasteiger partial charge < -0.3 is 15.4 Å². The lowest BCUT2D eigenvalue weighted by Crippen LogP contribution is -2.19. The summed E-state index contributed by atoms with van der Waals surface area (Å²) in [5.41, 5.74) is 3.69. The number of aryl methyl sites for hydroxylation is 1. The maximum Gasteiger partial charge on any atom is 0.323 e. The highest BCUT2D eigenvalue weighted by Crippen LogP contribution is 2.25. The van der Waals surface area contributed by atoms with Gasteiger partial charge in [0.1, 0.15) is 11.5 Å². The molecule has 2 N–H and O–H groups in total. The van der Waals surface area contributed by atoms with Crippen molar-refractivity contribution in [3.05, 3.63) is 83.6 Å². The van der Waals surface area contributed by atoms with Crippen molar-refractivity contribution in [3.8, 4) is 11.5 Å². The number of rotatable bonds is 4. The standard InChI is InChI=1S/C22H17ClN4O2/c1-14-13-24-20-10-9-19(12-21(20)25-14)29-18-7-5-16(6-8-18)26-22(28)27-17-4-2-3-15(23)11-17/h2-13H,1H3,(H2,26,27,28). The molecule has 0 radical (unpaired) electrons. The van der Waals surface area contributed by atoms with Crippen LogP contribution in [0.3, 0.4) is 0 Å². The highest BCUT2D eigenvalue weighted by Gasteiger charge is 2.05. The maximum absolute atomic E-state index is 12.1. The van der Waals surface area contributed by atoms with E-state index in [1.807, 2.05) is 25.1 Å². The van der Waals surface area contributed by atoms with Crippen LogP contribution in [0.5, 0.6) is 11.5 Å². The Labute approximate surface area is 172 Å². The number of nitrogens with one attached hydrogen (secondary N) is 2. The lowest BCUT2D eigenvalue weighted by Gasteiger charge is -2.10. The van der Waals surface area contributed by atoms with E-state index in [-0.39, 0.29) is 6.03 Å². The minimum atomic E-state index is -0.357. The first-order valence-electron chi connectivity index (χ1n) is 8.90. The number of carbonyl (C=O) groups excluding carboxylic acids is 1. The number of hydrogen-bond acceptors (Lipinski definition) is 4. The Kier molecular flexibility index (Phi) is 5.27. The van der Waals surface area contributed by atoms with Crippen LogP contribution >= 0.6 is 11.6 Å². The lowest BCUT2D eigenvalue weighted by atomic mass is 10.2. The summed E-state index contributed by atoms with van der Waals surface area (Å²) in [6, 6.07) is 19.2. The Morgan fingerprint density at radius 3 is 2.45 bits per heavy atom.